The van der Waals surface area contributed by atoms with Crippen LogP contribution in [0, 0.1) is 12.3 Å². The fourth-order valence-corrected chi connectivity index (χ4v) is 6.78. The minimum atomic E-state index is -4.28. The number of aryl methyl sites for hydroxylation is 1. The number of alkyl halides is 3. The van der Waals surface area contributed by atoms with Crippen LogP contribution in [0.1, 0.15) is 51.3 Å². The second-order valence-electron chi connectivity index (χ2n) is 12.6. The number of pyridine rings is 1. The van der Waals surface area contributed by atoms with E-state index in [1.807, 2.05) is 25.3 Å². The van der Waals surface area contributed by atoms with Gasteiger partial charge in [-0.25, -0.2) is 0 Å². The minimum Gasteiger partial charge on any atom is -0.455 e. The van der Waals surface area contributed by atoms with Crippen LogP contribution in [0.5, 0.6) is 0 Å². The normalized spacial score (nSPS) is 13.1. The number of rotatable bonds is 4. The molecule has 3 heterocycles. The zero-order valence-corrected chi connectivity index (χ0v) is 24.8. The summed E-state index contributed by atoms with van der Waals surface area (Å²) in [6.07, 6.45) is -2.55. The molecule has 0 saturated carbocycles. The lowest BCUT2D eigenvalue weighted by Gasteiger charge is -2.27. The van der Waals surface area contributed by atoms with E-state index in [0.29, 0.717) is 11.1 Å². The number of hydrogen-bond acceptors (Lipinski definition) is 3. The van der Waals surface area contributed by atoms with Gasteiger partial charge in [-0.3, -0.25) is 4.98 Å². The molecule has 0 spiro atoms. The van der Waals surface area contributed by atoms with E-state index in [9.17, 15) is 13.2 Å². The molecule has 3 aromatic carbocycles. The molecule has 6 rings (SSSR count). The van der Waals surface area contributed by atoms with Gasteiger partial charge >= 0.3 is 6.18 Å². The van der Waals surface area contributed by atoms with E-state index < -0.39 is 11.6 Å². The van der Waals surface area contributed by atoms with Crippen LogP contribution in [0.25, 0.3) is 53.7 Å². The van der Waals surface area contributed by atoms with E-state index in [0.717, 1.165) is 42.9 Å². The molecular weight excluding hydrogens is 539 g/mol. The molecule has 0 radical (unpaired) electrons. The molecule has 0 atom stereocenters. The summed E-state index contributed by atoms with van der Waals surface area (Å²) >= 11 is 1.63. The van der Waals surface area contributed by atoms with Crippen molar-refractivity contribution in [3.8, 4) is 21.9 Å². The Morgan fingerprint density at radius 1 is 0.829 bits per heavy atom. The van der Waals surface area contributed by atoms with E-state index in [1.54, 1.807) is 23.5 Å². The first-order valence-corrected chi connectivity index (χ1v) is 14.6. The Morgan fingerprint density at radius 3 is 2.32 bits per heavy atom. The molecule has 0 aliphatic carbocycles. The fourth-order valence-electron chi connectivity index (χ4n) is 5.58. The van der Waals surface area contributed by atoms with Crippen LogP contribution in [0.4, 0.5) is 13.2 Å². The zero-order valence-electron chi connectivity index (χ0n) is 24.0. The molecule has 0 N–H and O–H groups in total. The minimum absolute atomic E-state index is 0.0380. The molecule has 0 amide bonds. The van der Waals surface area contributed by atoms with Crippen molar-refractivity contribution < 1.29 is 17.6 Å². The summed E-state index contributed by atoms with van der Waals surface area (Å²) in [5, 5.41) is 4.42. The summed E-state index contributed by atoms with van der Waals surface area (Å²) in [7, 11) is 0. The molecule has 0 saturated heterocycles. The Morgan fingerprint density at radius 2 is 1.59 bits per heavy atom. The van der Waals surface area contributed by atoms with Crippen molar-refractivity contribution in [2.45, 2.75) is 59.6 Å². The van der Waals surface area contributed by atoms with Crippen LogP contribution in [-0.2, 0) is 11.8 Å². The summed E-state index contributed by atoms with van der Waals surface area (Å²) in [5.41, 5.74) is 3.61. The maximum Gasteiger partial charge on any atom is 0.394 e. The number of fused-ring (bicyclic) bond motifs is 3. The van der Waals surface area contributed by atoms with Crippen molar-refractivity contribution in [2.75, 3.05) is 0 Å². The van der Waals surface area contributed by atoms with E-state index >= 15 is 0 Å². The summed E-state index contributed by atoms with van der Waals surface area (Å²) in [4.78, 5) is 5.80. The van der Waals surface area contributed by atoms with E-state index in [2.05, 4.69) is 63.2 Å². The number of hydrogen-bond donors (Lipinski definition) is 0. The van der Waals surface area contributed by atoms with Gasteiger partial charge < -0.3 is 4.42 Å². The molecule has 210 valence electrons. The number of halogens is 3. The van der Waals surface area contributed by atoms with Crippen molar-refractivity contribution in [2.24, 2.45) is 5.41 Å². The first kappa shape index (κ1) is 27.5. The number of furan rings is 1. The third-order valence-electron chi connectivity index (χ3n) is 8.02. The second kappa shape index (κ2) is 9.45. The average molecular weight is 572 g/mol. The summed E-state index contributed by atoms with van der Waals surface area (Å²) < 4.78 is 47.9. The van der Waals surface area contributed by atoms with Crippen LogP contribution < -0.4 is 0 Å². The van der Waals surface area contributed by atoms with Gasteiger partial charge in [0.25, 0.3) is 0 Å². The molecule has 3 aromatic heterocycles. The lowest BCUT2D eigenvalue weighted by atomic mass is 9.82. The number of benzene rings is 3. The predicted molar refractivity (Wildman–Crippen MR) is 165 cm³/mol. The van der Waals surface area contributed by atoms with Crippen LogP contribution in [-0.4, -0.2) is 11.2 Å². The lowest BCUT2D eigenvalue weighted by molar-refractivity contribution is -0.211. The second-order valence-corrected chi connectivity index (χ2v) is 13.7. The molecule has 0 unspecified atom stereocenters. The molecule has 6 heteroatoms. The number of nitrogens with zero attached hydrogens (tertiary/aromatic N) is 1. The number of aromatic nitrogens is 1. The SMILES string of the molecule is Cc1c(-c2cc3ccnc(-c4cc(C(C)(C)C)c5ccccc5c4)c3s2)oc2cc(CC(C)(C)C(F)(F)F)ccc12. The molecule has 0 aliphatic rings. The van der Waals surface area contributed by atoms with Crippen LogP contribution in [0.3, 0.4) is 0 Å². The van der Waals surface area contributed by atoms with Crippen molar-refractivity contribution in [3.63, 3.8) is 0 Å². The lowest BCUT2D eigenvalue weighted by Crippen LogP contribution is -2.34. The maximum absolute atomic E-state index is 13.5. The Kier molecular flexibility index (Phi) is 6.34. The van der Waals surface area contributed by atoms with Crippen LogP contribution in [0.2, 0.25) is 0 Å². The highest BCUT2D eigenvalue weighted by molar-refractivity contribution is 7.22. The van der Waals surface area contributed by atoms with Gasteiger partial charge in [0.05, 0.1) is 20.7 Å². The monoisotopic (exact) mass is 571 g/mol. The largest absolute Gasteiger partial charge is 0.455 e. The average Bonchev–Trinajstić information content (AvgIpc) is 3.47. The van der Waals surface area contributed by atoms with Crippen molar-refractivity contribution >= 4 is 43.2 Å². The van der Waals surface area contributed by atoms with Gasteiger partial charge in [-0.2, -0.15) is 13.2 Å². The van der Waals surface area contributed by atoms with Gasteiger partial charge in [0.15, 0.2) is 0 Å². The molecule has 0 aliphatic heterocycles. The summed E-state index contributed by atoms with van der Waals surface area (Å²) in [6, 6.07) is 22.5. The Hall–Kier alpha value is -3.64. The van der Waals surface area contributed by atoms with Gasteiger partial charge in [-0.15, -0.1) is 11.3 Å². The maximum atomic E-state index is 13.5. The van der Waals surface area contributed by atoms with Crippen LogP contribution >= 0.6 is 11.3 Å². The van der Waals surface area contributed by atoms with Crippen molar-refractivity contribution in [1.29, 1.82) is 0 Å². The molecular formula is C35H32F3NOS. The van der Waals surface area contributed by atoms with Gasteiger partial charge in [-0.1, -0.05) is 71.0 Å². The van der Waals surface area contributed by atoms with E-state index in [1.165, 1.54) is 30.2 Å². The third-order valence-corrected chi connectivity index (χ3v) is 9.17. The molecule has 41 heavy (non-hydrogen) atoms. The smallest absolute Gasteiger partial charge is 0.394 e. The quantitative estimate of drug-likeness (QED) is 0.210. The molecule has 0 bridgehead atoms. The highest BCUT2D eigenvalue weighted by Crippen LogP contribution is 2.44. The predicted octanol–water partition coefficient (Wildman–Crippen LogP) is 11.3. The Bertz CT molecular complexity index is 1940. The highest BCUT2D eigenvalue weighted by Gasteiger charge is 2.47. The van der Waals surface area contributed by atoms with E-state index in [4.69, 9.17) is 9.40 Å². The summed E-state index contributed by atoms with van der Waals surface area (Å²) in [6.45, 7) is 11.2. The van der Waals surface area contributed by atoms with Gasteiger partial charge in [0.2, 0.25) is 0 Å². The highest BCUT2D eigenvalue weighted by atomic mass is 32.1. The van der Waals surface area contributed by atoms with Crippen molar-refractivity contribution in [1.82, 2.24) is 4.98 Å². The standard InChI is InChI=1S/C35H32F3NOS/c1-20-25-12-11-21(19-34(5,6)35(36,37)38)15-28(25)40-31(20)29-18-23-13-14-39-30(32(23)41-29)24-16-22-9-7-8-10-26(22)27(17-24)33(2,3)4/h7-18H,19H2,1-6H3. The van der Waals surface area contributed by atoms with E-state index in [-0.39, 0.29) is 11.8 Å². The fraction of sp³-hybridized carbons (Fsp3) is 0.286. The van der Waals surface area contributed by atoms with Gasteiger partial charge in [0, 0.05) is 22.7 Å². The molecule has 6 aromatic rings. The number of thiophene rings is 1. The first-order chi connectivity index (χ1) is 19.2. The zero-order chi connectivity index (χ0) is 29.3. The first-order valence-electron chi connectivity index (χ1n) is 13.7. The molecule has 2 nitrogen and oxygen atoms in total. The third kappa shape index (κ3) is 4.82. The van der Waals surface area contributed by atoms with Crippen LogP contribution in [0.15, 0.2) is 77.3 Å². The summed E-state index contributed by atoms with van der Waals surface area (Å²) in [5.74, 6) is 0.744. The Balaban J connectivity index is 1.45. The molecule has 0 fully saturated rings. The Labute approximate surface area is 241 Å². The van der Waals surface area contributed by atoms with Gasteiger partial charge in [0.1, 0.15) is 11.3 Å². The van der Waals surface area contributed by atoms with Gasteiger partial charge in [-0.05, 0) is 76.4 Å². The topological polar surface area (TPSA) is 26.0 Å². The van der Waals surface area contributed by atoms with Crippen molar-refractivity contribution in [3.05, 3.63) is 89.6 Å².